The quantitative estimate of drug-likeness (QED) is 0.659. The Morgan fingerprint density at radius 2 is 1.83 bits per heavy atom. The van der Waals surface area contributed by atoms with E-state index in [2.05, 4.69) is 4.99 Å². The fourth-order valence-electron chi connectivity index (χ4n) is 1.93. The van der Waals surface area contributed by atoms with Gasteiger partial charge in [-0.15, -0.1) is 0 Å². The van der Waals surface area contributed by atoms with Gasteiger partial charge in [-0.3, -0.25) is 0 Å². The molecule has 0 N–H and O–H groups in total. The molecule has 0 saturated carbocycles. The van der Waals surface area contributed by atoms with Gasteiger partial charge in [0.15, 0.2) is 5.75 Å². The molecule has 0 aliphatic carbocycles. The van der Waals surface area contributed by atoms with Crippen molar-refractivity contribution in [3.63, 3.8) is 0 Å². The number of hydrogen-bond acceptors (Lipinski definition) is 2. The van der Waals surface area contributed by atoms with Crippen molar-refractivity contribution in [3.8, 4) is 11.5 Å². The Kier molecular flexibility index (Phi) is 2.77. The van der Waals surface area contributed by atoms with E-state index in [0.717, 1.165) is 16.8 Å². The van der Waals surface area contributed by atoms with Crippen LogP contribution >= 0.6 is 23.2 Å². The minimum Gasteiger partial charge on any atom is -0.454 e. The highest BCUT2D eigenvalue weighted by molar-refractivity contribution is 6.70. The number of aliphatic imine (C=N–C) groups is 1. The molecule has 0 radical (unpaired) electrons. The lowest BCUT2D eigenvalue weighted by Crippen LogP contribution is -1.92. The molecular weight excluding hydrogens is 269 g/mol. The smallest absolute Gasteiger partial charge is 0.154 e. The van der Waals surface area contributed by atoms with Crippen molar-refractivity contribution in [2.24, 2.45) is 4.99 Å². The maximum absolute atomic E-state index is 6.23. The third kappa shape index (κ3) is 1.88. The first-order valence-electron chi connectivity index (χ1n) is 5.47. The summed E-state index contributed by atoms with van der Waals surface area (Å²) in [7, 11) is 0. The fraction of sp³-hybridized carbons (Fsp3) is 0.0714. The molecule has 0 unspecified atom stereocenters. The van der Waals surface area contributed by atoms with Crippen LogP contribution in [0.3, 0.4) is 0 Å². The Balaban J connectivity index is 2.28. The highest BCUT2D eigenvalue weighted by Crippen LogP contribution is 2.41. The van der Waals surface area contributed by atoms with E-state index < -0.39 is 0 Å². The van der Waals surface area contributed by atoms with E-state index >= 15 is 0 Å². The number of aryl methyl sites for hydroxylation is 1. The Bertz CT molecular complexity index is 665. The standard InChI is InChI=1S/C14H9Cl2NO/c1-8-6-9(15)7-12-13(8)17-14(16)10-4-2-3-5-11(10)18-12/h2-7H,1H3. The molecule has 1 heterocycles. The molecule has 18 heavy (non-hydrogen) atoms. The largest absolute Gasteiger partial charge is 0.454 e. The van der Waals surface area contributed by atoms with Gasteiger partial charge in [0.1, 0.15) is 16.6 Å². The molecule has 90 valence electrons. The van der Waals surface area contributed by atoms with Crippen LogP contribution in [-0.4, -0.2) is 5.17 Å². The van der Waals surface area contributed by atoms with Crippen molar-refractivity contribution in [2.75, 3.05) is 0 Å². The van der Waals surface area contributed by atoms with Gasteiger partial charge in [-0.25, -0.2) is 4.99 Å². The summed E-state index contributed by atoms with van der Waals surface area (Å²) >= 11 is 12.3. The molecule has 0 aromatic heterocycles. The second-order valence-corrected chi connectivity index (χ2v) is 4.86. The molecule has 0 saturated heterocycles. The number of nitrogens with zero attached hydrogens (tertiary/aromatic N) is 1. The van der Waals surface area contributed by atoms with Crippen LogP contribution in [0.5, 0.6) is 11.5 Å². The minimum absolute atomic E-state index is 0.426. The van der Waals surface area contributed by atoms with Crippen molar-refractivity contribution in [2.45, 2.75) is 6.92 Å². The van der Waals surface area contributed by atoms with E-state index in [1.165, 1.54) is 0 Å². The first-order chi connectivity index (χ1) is 8.65. The van der Waals surface area contributed by atoms with E-state index in [-0.39, 0.29) is 0 Å². The van der Waals surface area contributed by atoms with Crippen LogP contribution in [0.2, 0.25) is 5.02 Å². The molecule has 2 aromatic carbocycles. The van der Waals surface area contributed by atoms with E-state index in [0.29, 0.717) is 21.7 Å². The molecule has 2 nitrogen and oxygen atoms in total. The number of halogens is 2. The molecule has 0 fully saturated rings. The van der Waals surface area contributed by atoms with Crippen LogP contribution in [-0.2, 0) is 0 Å². The Hall–Kier alpha value is -1.51. The lowest BCUT2D eigenvalue weighted by Gasteiger charge is -2.09. The third-order valence-electron chi connectivity index (χ3n) is 2.77. The molecule has 4 heteroatoms. The first-order valence-corrected chi connectivity index (χ1v) is 6.22. The minimum atomic E-state index is 0.426. The summed E-state index contributed by atoms with van der Waals surface area (Å²) in [6.07, 6.45) is 0. The van der Waals surface area contributed by atoms with Crippen LogP contribution in [0.1, 0.15) is 11.1 Å². The van der Waals surface area contributed by atoms with E-state index in [1.54, 1.807) is 6.07 Å². The monoisotopic (exact) mass is 277 g/mol. The number of rotatable bonds is 0. The molecule has 1 aliphatic heterocycles. The predicted octanol–water partition coefficient (Wildman–Crippen LogP) is 5.07. The van der Waals surface area contributed by atoms with Crippen LogP contribution < -0.4 is 4.74 Å². The van der Waals surface area contributed by atoms with Gasteiger partial charge in [-0.1, -0.05) is 35.3 Å². The second-order valence-electron chi connectivity index (χ2n) is 4.07. The molecule has 0 amide bonds. The summed E-state index contributed by atoms with van der Waals surface area (Å²) in [4.78, 5) is 4.42. The normalized spacial score (nSPS) is 12.9. The highest BCUT2D eigenvalue weighted by Gasteiger charge is 2.18. The van der Waals surface area contributed by atoms with Crippen molar-refractivity contribution >= 4 is 34.1 Å². The van der Waals surface area contributed by atoms with Crippen LogP contribution in [0, 0.1) is 6.92 Å². The average Bonchev–Trinajstić information content (AvgIpc) is 2.47. The lowest BCUT2D eigenvalue weighted by molar-refractivity contribution is 0.484. The Labute approximate surface area is 115 Å². The molecule has 2 aromatic rings. The second kappa shape index (κ2) is 4.30. The Morgan fingerprint density at radius 1 is 1.06 bits per heavy atom. The van der Waals surface area contributed by atoms with E-state index in [1.807, 2.05) is 37.3 Å². The number of ether oxygens (including phenoxy) is 1. The van der Waals surface area contributed by atoms with Gasteiger partial charge < -0.3 is 4.74 Å². The Morgan fingerprint density at radius 3 is 2.67 bits per heavy atom. The van der Waals surface area contributed by atoms with Crippen LogP contribution in [0.25, 0.3) is 0 Å². The van der Waals surface area contributed by atoms with Crippen molar-refractivity contribution < 1.29 is 4.74 Å². The summed E-state index contributed by atoms with van der Waals surface area (Å²) in [5.41, 5.74) is 2.44. The zero-order valence-electron chi connectivity index (χ0n) is 9.58. The van der Waals surface area contributed by atoms with Gasteiger partial charge in [-0.05, 0) is 30.7 Å². The summed E-state index contributed by atoms with van der Waals surface area (Å²) in [5.74, 6) is 1.31. The maximum atomic E-state index is 6.23. The number of para-hydroxylation sites is 1. The fourth-order valence-corrected chi connectivity index (χ4v) is 2.43. The van der Waals surface area contributed by atoms with Crippen molar-refractivity contribution in [1.29, 1.82) is 0 Å². The molecule has 3 rings (SSSR count). The molecule has 0 bridgehead atoms. The van der Waals surface area contributed by atoms with Gasteiger partial charge in [0, 0.05) is 11.1 Å². The van der Waals surface area contributed by atoms with Gasteiger partial charge in [0.05, 0.1) is 5.56 Å². The van der Waals surface area contributed by atoms with Gasteiger partial charge >= 0.3 is 0 Å². The van der Waals surface area contributed by atoms with Gasteiger partial charge in [0.2, 0.25) is 0 Å². The topological polar surface area (TPSA) is 21.6 Å². The summed E-state index contributed by atoms with van der Waals surface area (Å²) in [5, 5.41) is 1.05. The summed E-state index contributed by atoms with van der Waals surface area (Å²) < 4.78 is 5.85. The average molecular weight is 278 g/mol. The first kappa shape index (κ1) is 11.6. The molecule has 0 spiro atoms. The zero-order valence-corrected chi connectivity index (χ0v) is 11.1. The maximum Gasteiger partial charge on any atom is 0.154 e. The third-order valence-corrected chi connectivity index (χ3v) is 3.28. The van der Waals surface area contributed by atoms with Crippen LogP contribution in [0.4, 0.5) is 5.69 Å². The number of fused-ring (bicyclic) bond motifs is 2. The number of hydrogen-bond donors (Lipinski definition) is 0. The molecule has 0 atom stereocenters. The van der Waals surface area contributed by atoms with Crippen LogP contribution in [0.15, 0.2) is 41.4 Å². The lowest BCUT2D eigenvalue weighted by atomic mass is 10.2. The van der Waals surface area contributed by atoms with Crippen molar-refractivity contribution in [1.82, 2.24) is 0 Å². The zero-order chi connectivity index (χ0) is 12.7. The predicted molar refractivity (Wildman–Crippen MR) is 74.8 cm³/mol. The van der Waals surface area contributed by atoms with E-state index in [4.69, 9.17) is 27.9 Å². The SMILES string of the molecule is Cc1cc(Cl)cc2c1N=C(Cl)c1ccccc1O2. The van der Waals surface area contributed by atoms with Gasteiger partial charge in [0.25, 0.3) is 0 Å². The number of benzene rings is 2. The van der Waals surface area contributed by atoms with Crippen molar-refractivity contribution in [3.05, 3.63) is 52.5 Å². The summed E-state index contributed by atoms with van der Waals surface area (Å²) in [6.45, 7) is 1.93. The summed E-state index contributed by atoms with van der Waals surface area (Å²) in [6, 6.07) is 11.1. The van der Waals surface area contributed by atoms with Gasteiger partial charge in [-0.2, -0.15) is 0 Å². The molecule has 1 aliphatic rings. The highest BCUT2D eigenvalue weighted by atomic mass is 35.5. The van der Waals surface area contributed by atoms with E-state index in [9.17, 15) is 0 Å². The molecular formula is C14H9Cl2NO.